The molecule has 5 nitrogen and oxygen atoms in total. The fourth-order valence-corrected chi connectivity index (χ4v) is 2.16. The number of halogens is 1. The van der Waals surface area contributed by atoms with Gasteiger partial charge in [0.1, 0.15) is 0 Å². The van der Waals surface area contributed by atoms with Crippen LogP contribution in [-0.4, -0.2) is 15.1 Å². The van der Waals surface area contributed by atoms with Gasteiger partial charge in [0.05, 0.1) is 10.6 Å². The first-order chi connectivity index (χ1) is 9.66. The number of rotatable bonds is 2. The van der Waals surface area contributed by atoms with Gasteiger partial charge in [-0.3, -0.25) is 4.98 Å². The first-order valence-corrected chi connectivity index (χ1v) is 6.33. The number of aryl methyl sites for hydroxylation is 1. The van der Waals surface area contributed by atoms with E-state index < -0.39 is 0 Å². The summed E-state index contributed by atoms with van der Waals surface area (Å²) in [4.78, 5) is 8.42. The third kappa shape index (κ3) is 2.12. The van der Waals surface area contributed by atoms with Gasteiger partial charge >= 0.3 is 0 Å². The second kappa shape index (κ2) is 4.94. The van der Waals surface area contributed by atoms with E-state index in [9.17, 15) is 0 Å². The number of benzene rings is 1. The Bertz CT molecular complexity index is 749. The van der Waals surface area contributed by atoms with Gasteiger partial charge in [-0.05, 0) is 30.7 Å². The van der Waals surface area contributed by atoms with Crippen molar-refractivity contribution in [1.82, 2.24) is 15.1 Å². The standard InChI is InChI=1S/C14H11ClN4O/c1-8-5-6-17-7-9(8)13-18-14(20-19-13)12-10(15)3-2-4-11(12)16/h2-7H,16H2,1H3. The molecule has 0 fully saturated rings. The fourth-order valence-electron chi connectivity index (χ4n) is 1.90. The number of hydrogen-bond acceptors (Lipinski definition) is 5. The van der Waals surface area contributed by atoms with Gasteiger partial charge in [0, 0.05) is 23.6 Å². The monoisotopic (exact) mass is 286 g/mol. The lowest BCUT2D eigenvalue weighted by Gasteiger charge is -2.02. The van der Waals surface area contributed by atoms with Crippen LogP contribution in [0.1, 0.15) is 5.56 Å². The van der Waals surface area contributed by atoms with Crippen LogP contribution in [0.5, 0.6) is 0 Å². The summed E-state index contributed by atoms with van der Waals surface area (Å²) in [5.41, 5.74) is 8.78. The van der Waals surface area contributed by atoms with Crippen molar-refractivity contribution in [3.05, 3.63) is 47.2 Å². The predicted molar refractivity (Wildman–Crippen MR) is 77.1 cm³/mol. The molecule has 2 N–H and O–H groups in total. The topological polar surface area (TPSA) is 77.8 Å². The quantitative estimate of drug-likeness (QED) is 0.731. The van der Waals surface area contributed by atoms with Gasteiger partial charge in [-0.15, -0.1) is 0 Å². The SMILES string of the molecule is Cc1ccncc1-c1noc(-c2c(N)cccc2Cl)n1. The normalized spacial score (nSPS) is 10.7. The lowest BCUT2D eigenvalue weighted by Crippen LogP contribution is -1.91. The summed E-state index contributed by atoms with van der Waals surface area (Å²) in [7, 11) is 0. The molecule has 0 spiro atoms. The molecule has 0 bridgehead atoms. The molecule has 0 saturated heterocycles. The maximum absolute atomic E-state index is 6.13. The highest BCUT2D eigenvalue weighted by atomic mass is 35.5. The lowest BCUT2D eigenvalue weighted by atomic mass is 10.1. The number of nitrogens with zero attached hydrogens (tertiary/aromatic N) is 3. The molecule has 0 radical (unpaired) electrons. The minimum Gasteiger partial charge on any atom is -0.398 e. The Morgan fingerprint density at radius 2 is 2.10 bits per heavy atom. The van der Waals surface area contributed by atoms with E-state index in [1.165, 1.54) is 0 Å². The predicted octanol–water partition coefficient (Wildman–Crippen LogP) is 3.34. The molecule has 0 aliphatic carbocycles. The van der Waals surface area contributed by atoms with Gasteiger partial charge < -0.3 is 10.3 Å². The molecule has 20 heavy (non-hydrogen) atoms. The highest BCUT2D eigenvalue weighted by Crippen LogP contribution is 2.33. The minimum atomic E-state index is 0.298. The molecule has 0 aliphatic rings. The lowest BCUT2D eigenvalue weighted by molar-refractivity contribution is 0.432. The number of nitrogen functional groups attached to an aromatic ring is 1. The zero-order chi connectivity index (χ0) is 14.1. The van der Waals surface area contributed by atoms with Crippen LogP contribution in [0.25, 0.3) is 22.8 Å². The molecule has 2 heterocycles. The smallest absolute Gasteiger partial charge is 0.261 e. The highest BCUT2D eigenvalue weighted by molar-refractivity contribution is 6.33. The molecule has 100 valence electrons. The largest absolute Gasteiger partial charge is 0.398 e. The van der Waals surface area contributed by atoms with Crippen LogP contribution in [0.15, 0.2) is 41.2 Å². The van der Waals surface area contributed by atoms with Gasteiger partial charge in [-0.25, -0.2) is 0 Å². The third-order valence-electron chi connectivity index (χ3n) is 2.97. The molecule has 3 rings (SSSR count). The molecule has 3 aromatic rings. The van der Waals surface area contributed by atoms with Gasteiger partial charge in [0.15, 0.2) is 0 Å². The molecule has 2 aromatic heterocycles. The van der Waals surface area contributed by atoms with Crippen molar-refractivity contribution in [1.29, 1.82) is 0 Å². The average Bonchev–Trinajstić information content (AvgIpc) is 2.88. The number of nitrogens with two attached hydrogens (primary N) is 1. The van der Waals surface area contributed by atoms with Crippen LogP contribution >= 0.6 is 11.6 Å². The van der Waals surface area contributed by atoms with Crippen molar-refractivity contribution in [3.8, 4) is 22.8 Å². The van der Waals surface area contributed by atoms with Crippen LogP contribution in [0, 0.1) is 6.92 Å². The molecule has 6 heteroatoms. The van der Waals surface area contributed by atoms with Gasteiger partial charge in [-0.1, -0.05) is 22.8 Å². The second-order valence-electron chi connectivity index (χ2n) is 4.32. The number of anilines is 1. The molecular formula is C14H11ClN4O. The molecule has 0 unspecified atom stereocenters. The molecular weight excluding hydrogens is 276 g/mol. The van der Waals surface area contributed by atoms with Crippen molar-refractivity contribution in [2.24, 2.45) is 0 Å². The zero-order valence-corrected chi connectivity index (χ0v) is 11.4. The van der Waals surface area contributed by atoms with E-state index in [0.29, 0.717) is 28.0 Å². The molecule has 0 aliphatic heterocycles. The Labute approximate surface area is 120 Å². The summed E-state index contributed by atoms with van der Waals surface area (Å²) in [6.45, 7) is 1.96. The summed E-state index contributed by atoms with van der Waals surface area (Å²) < 4.78 is 5.27. The Morgan fingerprint density at radius 3 is 2.85 bits per heavy atom. The Balaban J connectivity index is 2.10. The van der Waals surface area contributed by atoms with Gasteiger partial charge in [-0.2, -0.15) is 4.98 Å². The van der Waals surface area contributed by atoms with E-state index in [1.807, 2.05) is 13.0 Å². The van der Waals surface area contributed by atoms with Crippen molar-refractivity contribution < 1.29 is 4.52 Å². The number of aromatic nitrogens is 3. The maximum atomic E-state index is 6.13. The Kier molecular flexibility index (Phi) is 3.12. The molecule has 0 atom stereocenters. The summed E-state index contributed by atoms with van der Waals surface area (Å²) in [5.74, 6) is 0.760. The van der Waals surface area contributed by atoms with Crippen molar-refractivity contribution >= 4 is 17.3 Å². The Morgan fingerprint density at radius 1 is 1.25 bits per heavy atom. The molecule has 0 amide bonds. The first-order valence-electron chi connectivity index (χ1n) is 5.96. The van der Waals surface area contributed by atoms with Crippen LogP contribution in [0.2, 0.25) is 5.02 Å². The van der Waals surface area contributed by atoms with Gasteiger partial charge in [0.25, 0.3) is 5.89 Å². The molecule has 0 saturated carbocycles. The van der Waals surface area contributed by atoms with Crippen LogP contribution < -0.4 is 5.73 Å². The van der Waals surface area contributed by atoms with Crippen molar-refractivity contribution in [3.63, 3.8) is 0 Å². The number of hydrogen-bond donors (Lipinski definition) is 1. The van der Waals surface area contributed by atoms with E-state index >= 15 is 0 Å². The summed E-state index contributed by atoms with van der Waals surface area (Å²) >= 11 is 6.13. The van der Waals surface area contributed by atoms with Crippen LogP contribution in [0.4, 0.5) is 5.69 Å². The fraction of sp³-hybridized carbons (Fsp3) is 0.0714. The van der Waals surface area contributed by atoms with E-state index in [1.54, 1.807) is 30.6 Å². The molecule has 1 aromatic carbocycles. The summed E-state index contributed by atoms with van der Waals surface area (Å²) in [5, 5.41) is 4.44. The van der Waals surface area contributed by atoms with E-state index in [-0.39, 0.29) is 0 Å². The number of pyridine rings is 1. The van der Waals surface area contributed by atoms with Crippen LogP contribution in [0.3, 0.4) is 0 Å². The van der Waals surface area contributed by atoms with Crippen molar-refractivity contribution in [2.45, 2.75) is 6.92 Å². The van der Waals surface area contributed by atoms with Crippen molar-refractivity contribution in [2.75, 3.05) is 5.73 Å². The van der Waals surface area contributed by atoms with E-state index in [0.717, 1.165) is 11.1 Å². The minimum absolute atomic E-state index is 0.298. The highest BCUT2D eigenvalue weighted by Gasteiger charge is 2.16. The first kappa shape index (κ1) is 12.6. The average molecular weight is 287 g/mol. The maximum Gasteiger partial charge on any atom is 0.261 e. The summed E-state index contributed by atoms with van der Waals surface area (Å²) in [6, 6.07) is 7.12. The van der Waals surface area contributed by atoms with Crippen LogP contribution in [-0.2, 0) is 0 Å². The van der Waals surface area contributed by atoms with E-state index in [2.05, 4.69) is 15.1 Å². The zero-order valence-electron chi connectivity index (χ0n) is 10.7. The van der Waals surface area contributed by atoms with E-state index in [4.69, 9.17) is 21.9 Å². The summed E-state index contributed by atoms with van der Waals surface area (Å²) in [6.07, 6.45) is 3.41. The van der Waals surface area contributed by atoms with Gasteiger partial charge in [0.2, 0.25) is 5.82 Å². The Hall–Kier alpha value is -2.40. The third-order valence-corrected chi connectivity index (χ3v) is 3.28. The second-order valence-corrected chi connectivity index (χ2v) is 4.72.